The van der Waals surface area contributed by atoms with Crippen molar-refractivity contribution in [1.29, 1.82) is 0 Å². The highest BCUT2D eigenvalue weighted by Gasteiger charge is 2.52. The molecule has 3 aliphatic heterocycles. The number of benzene rings is 2. The fourth-order valence-electron chi connectivity index (χ4n) is 7.29. The fourth-order valence-corrected chi connectivity index (χ4v) is 7.29. The molecule has 6 rings (SSSR count). The third kappa shape index (κ3) is 5.30. The van der Waals surface area contributed by atoms with E-state index in [4.69, 9.17) is 9.47 Å². The number of aliphatic hydroxyl groups is 1. The number of carbonyl (C=O) groups is 2. The summed E-state index contributed by atoms with van der Waals surface area (Å²) in [7, 11) is 1.70. The number of hydrogen-bond acceptors (Lipinski definition) is 6. The number of methoxy groups -OCH3 is 1. The minimum Gasteiger partial charge on any atom is -0.493 e. The van der Waals surface area contributed by atoms with E-state index in [1.807, 2.05) is 24.3 Å². The van der Waals surface area contributed by atoms with Gasteiger partial charge in [0.05, 0.1) is 29.8 Å². The van der Waals surface area contributed by atoms with Crippen LogP contribution in [-0.4, -0.2) is 65.7 Å². The zero-order valence-electron chi connectivity index (χ0n) is 24.1. The maximum absolute atomic E-state index is 12.5. The first-order valence-electron chi connectivity index (χ1n) is 15.4. The molecule has 218 valence electrons. The summed E-state index contributed by atoms with van der Waals surface area (Å²) in [6, 6.07) is 11.3. The van der Waals surface area contributed by atoms with Gasteiger partial charge in [-0.15, -0.1) is 0 Å². The lowest BCUT2D eigenvalue weighted by molar-refractivity contribution is 0.0651. The lowest BCUT2D eigenvalue weighted by atomic mass is 9.69. The highest BCUT2D eigenvalue weighted by Crippen LogP contribution is 2.55. The van der Waals surface area contributed by atoms with E-state index in [1.165, 1.54) is 48.1 Å². The molecule has 0 unspecified atom stereocenters. The number of rotatable bonds is 12. The first kappa shape index (κ1) is 28.0. The number of aliphatic hydroxyl groups excluding tert-OH is 1. The molecule has 0 bridgehead atoms. The van der Waals surface area contributed by atoms with Gasteiger partial charge in [0.15, 0.2) is 11.5 Å². The summed E-state index contributed by atoms with van der Waals surface area (Å²) in [4.78, 5) is 29.0. The Morgan fingerprint density at radius 1 is 0.927 bits per heavy atom. The number of amides is 2. The van der Waals surface area contributed by atoms with Crippen molar-refractivity contribution in [2.24, 2.45) is 0 Å². The average Bonchev–Trinajstić information content (AvgIpc) is 3.37. The second-order valence-electron chi connectivity index (χ2n) is 12.1. The molecule has 3 heterocycles. The van der Waals surface area contributed by atoms with Crippen LogP contribution in [0.4, 0.5) is 0 Å². The van der Waals surface area contributed by atoms with E-state index in [2.05, 4.69) is 17.0 Å². The summed E-state index contributed by atoms with van der Waals surface area (Å²) in [6.45, 7) is 3.55. The molecule has 0 saturated carbocycles. The van der Waals surface area contributed by atoms with Crippen LogP contribution in [0.15, 0.2) is 48.6 Å². The molecule has 2 amide bonds. The third-order valence-electron chi connectivity index (χ3n) is 9.52. The molecular formula is C34H42N2O5. The van der Waals surface area contributed by atoms with Crippen molar-refractivity contribution < 1.29 is 24.2 Å². The van der Waals surface area contributed by atoms with Gasteiger partial charge in [0.2, 0.25) is 0 Å². The summed E-state index contributed by atoms with van der Waals surface area (Å²) < 4.78 is 12.1. The molecule has 4 aliphatic rings. The lowest BCUT2D eigenvalue weighted by Gasteiger charge is -2.35. The van der Waals surface area contributed by atoms with Gasteiger partial charge in [0, 0.05) is 25.1 Å². The van der Waals surface area contributed by atoms with Gasteiger partial charge in [-0.3, -0.25) is 19.4 Å². The summed E-state index contributed by atoms with van der Waals surface area (Å²) in [5, 5.41) is 10.3. The van der Waals surface area contributed by atoms with E-state index < -0.39 is 6.10 Å². The molecule has 2 aromatic rings. The molecule has 7 nitrogen and oxygen atoms in total. The Bertz CT molecular complexity index is 1290. The molecule has 0 saturated heterocycles. The Morgan fingerprint density at radius 3 is 2.27 bits per heavy atom. The normalized spacial score (nSPS) is 24.6. The number of nitrogens with zero attached hydrogens (tertiary/aromatic N) is 2. The second kappa shape index (κ2) is 12.0. The minimum atomic E-state index is -0.454. The second-order valence-corrected chi connectivity index (χ2v) is 12.1. The zero-order valence-corrected chi connectivity index (χ0v) is 24.1. The summed E-state index contributed by atoms with van der Waals surface area (Å²) >= 11 is 0. The van der Waals surface area contributed by atoms with Crippen LogP contribution in [0.25, 0.3) is 0 Å². The van der Waals surface area contributed by atoms with Crippen LogP contribution < -0.4 is 9.47 Å². The highest BCUT2D eigenvalue weighted by atomic mass is 16.5. The monoisotopic (exact) mass is 558 g/mol. The van der Waals surface area contributed by atoms with Gasteiger partial charge in [0.1, 0.15) is 6.10 Å². The van der Waals surface area contributed by atoms with Crippen molar-refractivity contribution in [2.45, 2.75) is 88.4 Å². The van der Waals surface area contributed by atoms with E-state index in [0.29, 0.717) is 24.1 Å². The molecule has 41 heavy (non-hydrogen) atoms. The van der Waals surface area contributed by atoms with Crippen molar-refractivity contribution in [1.82, 2.24) is 9.80 Å². The number of fused-ring (bicyclic) bond motifs is 1. The Kier molecular flexibility index (Phi) is 8.18. The van der Waals surface area contributed by atoms with Crippen LogP contribution in [0.2, 0.25) is 0 Å². The average molecular weight is 559 g/mol. The predicted octanol–water partition coefficient (Wildman–Crippen LogP) is 5.64. The molecule has 1 aliphatic carbocycles. The SMILES string of the molecule is COc1ccc2c3c1O[C@H]1C[C@@H](O)C=C[C@@]31CCN(CCCCCCCCCCN1C(=O)c3ccccc3C1=O)C2. The molecule has 7 heteroatoms. The van der Waals surface area contributed by atoms with E-state index in [9.17, 15) is 14.7 Å². The highest BCUT2D eigenvalue weighted by molar-refractivity contribution is 6.21. The number of hydrogen-bond donors (Lipinski definition) is 1. The van der Waals surface area contributed by atoms with Crippen LogP contribution in [0, 0.1) is 0 Å². The molecule has 2 aromatic carbocycles. The van der Waals surface area contributed by atoms with Crippen molar-refractivity contribution in [3.63, 3.8) is 0 Å². The quantitative estimate of drug-likeness (QED) is 0.206. The van der Waals surface area contributed by atoms with Crippen LogP contribution in [0.1, 0.15) is 96.1 Å². The summed E-state index contributed by atoms with van der Waals surface area (Å²) in [5.74, 6) is 1.37. The van der Waals surface area contributed by atoms with Crippen molar-refractivity contribution in [2.75, 3.05) is 26.7 Å². The lowest BCUT2D eigenvalue weighted by Crippen LogP contribution is -2.43. The maximum atomic E-state index is 12.5. The smallest absolute Gasteiger partial charge is 0.261 e. The van der Waals surface area contributed by atoms with Gasteiger partial charge < -0.3 is 14.6 Å². The standard InChI is InChI=1S/C34H42N2O5/c1-40-28-15-14-24-23-35(21-18-34-17-16-25(37)22-29(34)41-31(28)30(24)34)19-10-6-4-2-3-5-7-11-20-36-32(38)26-12-8-9-13-27(26)33(36)39/h8-9,12-17,25,29,37H,2-7,10-11,18-23H2,1H3/t25-,29-,34-/m0/s1. The third-order valence-corrected chi connectivity index (χ3v) is 9.52. The Labute approximate surface area is 243 Å². The molecule has 3 atom stereocenters. The molecule has 0 fully saturated rings. The maximum Gasteiger partial charge on any atom is 0.261 e. The largest absolute Gasteiger partial charge is 0.493 e. The van der Waals surface area contributed by atoms with Gasteiger partial charge in [-0.2, -0.15) is 0 Å². The molecule has 1 spiro atoms. The molecule has 1 N–H and O–H groups in total. The van der Waals surface area contributed by atoms with Gasteiger partial charge in [0.25, 0.3) is 11.8 Å². The van der Waals surface area contributed by atoms with E-state index in [0.717, 1.165) is 56.8 Å². The minimum absolute atomic E-state index is 0.0415. The number of unbranched alkanes of at least 4 members (excludes halogenated alkanes) is 7. The van der Waals surface area contributed by atoms with E-state index in [-0.39, 0.29) is 23.3 Å². The number of ether oxygens (including phenoxy) is 2. The van der Waals surface area contributed by atoms with E-state index in [1.54, 1.807) is 19.2 Å². The summed E-state index contributed by atoms with van der Waals surface area (Å²) in [6.07, 6.45) is 14.5. The van der Waals surface area contributed by atoms with Gasteiger partial charge in [-0.1, -0.05) is 68.9 Å². The summed E-state index contributed by atoms with van der Waals surface area (Å²) in [5.41, 5.74) is 3.50. The van der Waals surface area contributed by atoms with Crippen LogP contribution >= 0.6 is 0 Å². The Balaban J connectivity index is 0.908. The number of imide groups is 1. The van der Waals surface area contributed by atoms with Crippen LogP contribution in [0.3, 0.4) is 0 Å². The predicted molar refractivity (Wildman–Crippen MR) is 157 cm³/mol. The molecule has 0 radical (unpaired) electrons. The molecule has 0 aromatic heterocycles. The van der Waals surface area contributed by atoms with Crippen molar-refractivity contribution in [3.05, 3.63) is 70.8 Å². The Morgan fingerprint density at radius 2 is 1.59 bits per heavy atom. The first-order valence-corrected chi connectivity index (χ1v) is 15.4. The molecular weight excluding hydrogens is 516 g/mol. The van der Waals surface area contributed by atoms with Crippen molar-refractivity contribution >= 4 is 11.8 Å². The van der Waals surface area contributed by atoms with Crippen LogP contribution in [-0.2, 0) is 12.0 Å². The fraction of sp³-hybridized carbons (Fsp3) is 0.529. The first-order chi connectivity index (χ1) is 20.0. The topological polar surface area (TPSA) is 79.3 Å². The van der Waals surface area contributed by atoms with Gasteiger partial charge in [-0.05, 0) is 56.1 Å². The number of carbonyl (C=O) groups excluding carboxylic acids is 2. The zero-order chi connectivity index (χ0) is 28.4. The van der Waals surface area contributed by atoms with Gasteiger partial charge in [-0.25, -0.2) is 0 Å². The van der Waals surface area contributed by atoms with Gasteiger partial charge >= 0.3 is 0 Å². The Hall–Kier alpha value is -3.16. The van der Waals surface area contributed by atoms with Crippen molar-refractivity contribution in [3.8, 4) is 11.5 Å². The van der Waals surface area contributed by atoms with Crippen LogP contribution in [0.5, 0.6) is 11.5 Å². The van der Waals surface area contributed by atoms with E-state index >= 15 is 0 Å².